The quantitative estimate of drug-likeness (QED) is 0.407. The molecule has 23 heavy (non-hydrogen) atoms. The minimum atomic E-state index is -1.01. The number of allylic oxidation sites excluding steroid dienone is 4. The summed E-state index contributed by atoms with van der Waals surface area (Å²) in [6, 6.07) is 0. The van der Waals surface area contributed by atoms with E-state index in [0.717, 1.165) is 0 Å². The largest absolute Gasteiger partial charge is 0.465 e. The van der Waals surface area contributed by atoms with E-state index < -0.39 is 17.8 Å². The molecule has 1 atom stereocenters. The van der Waals surface area contributed by atoms with Crippen LogP contribution in [0.2, 0.25) is 0 Å². The number of esters is 1. The second-order valence-corrected chi connectivity index (χ2v) is 3.66. The van der Waals surface area contributed by atoms with E-state index in [4.69, 9.17) is 9.84 Å². The van der Waals surface area contributed by atoms with Gasteiger partial charge in [0.2, 0.25) is 5.91 Å². The minimum absolute atomic E-state index is 0.0296. The fourth-order valence-corrected chi connectivity index (χ4v) is 1.40. The molecule has 0 aliphatic heterocycles. The third-order valence-electron chi connectivity index (χ3n) is 2.22. The van der Waals surface area contributed by atoms with Crippen LogP contribution in [0.5, 0.6) is 0 Å². The van der Waals surface area contributed by atoms with E-state index in [1.807, 2.05) is 27.7 Å². The maximum absolute atomic E-state index is 12.0. The number of aliphatic hydroxyl groups is 1. The van der Waals surface area contributed by atoms with Gasteiger partial charge in [-0.05, 0) is 32.4 Å². The van der Waals surface area contributed by atoms with Gasteiger partial charge in [-0.1, -0.05) is 46.4 Å². The summed E-state index contributed by atoms with van der Waals surface area (Å²) in [5.41, 5.74) is 0.523. The molecule has 0 aromatic heterocycles. The smallest absolute Gasteiger partial charge is 0.318 e. The van der Waals surface area contributed by atoms with Crippen molar-refractivity contribution in [1.29, 1.82) is 0 Å². The van der Waals surface area contributed by atoms with Gasteiger partial charge in [-0.15, -0.1) is 0 Å². The Morgan fingerprint density at radius 3 is 2.22 bits per heavy atom. The SMILES string of the molecule is C=C/C=C(\C=C/C)NC(=O)C(CCO)C(=O)OCC.CC.CC. The molecule has 0 saturated heterocycles. The Morgan fingerprint density at radius 1 is 1.26 bits per heavy atom. The number of carbonyl (C=O) groups is 2. The van der Waals surface area contributed by atoms with Gasteiger partial charge in [0.15, 0.2) is 0 Å². The number of amides is 1. The Labute approximate surface area is 141 Å². The Bertz CT molecular complexity index is 373. The van der Waals surface area contributed by atoms with Gasteiger partial charge in [0, 0.05) is 12.3 Å². The Balaban J connectivity index is -0.000000919. The van der Waals surface area contributed by atoms with Crippen molar-refractivity contribution in [3.8, 4) is 0 Å². The van der Waals surface area contributed by atoms with E-state index >= 15 is 0 Å². The molecule has 134 valence electrons. The van der Waals surface area contributed by atoms with Crippen molar-refractivity contribution in [2.45, 2.75) is 48.0 Å². The molecule has 0 spiro atoms. The normalized spacial score (nSPS) is 11.3. The number of hydrogen-bond donors (Lipinski definition) is 2. The van der Waals surface area contributed by atoms with Crippen molar-refractivity contribution in [1.82, 2.24) is 5.32 Å². The van der Waals surface area contributed by atoms with Crippen LogP contribution in [0.4, 0.5) is 0 Å². The number of rotatable bonds is 8. The number of nitrogens with one attached hydrogen (secondary N) is 1. The first-order valence-corrected chi connectivity index (χ1v) is 8.14. The zero-order valence-electron chi connectivity index (χ0n) is 15.4. The van der Waals surface area contributed by atoms with Crippen LogP contribution >= 0.6 is 0 Å². The monoisotopic (exact) mass is 327 g/mol. The van der Waals surface area contributed by atoms with E-state index in [1.165, 1.54) is 6.08 Å². The summed E-state index contributed by atoms with van der Waals surface area (Å²) in [4.78, 5) is 23.6. The molecule has 0 aromatic rings. The van der Waals surface area contributed by atoms with E-state index in [0.29, 0.717) is 5.70 Å². The van der Waals surface area contributed by atoms with Crippen LogP contribution < -0.4 is 5.32 Å². The standard InChI is InChI=1S/C14H21NO4.2C2H6/c1-4-7-11(8-5-2)15-13(17)12(9-10-16)14(18)19-6-3;2*1-2/h4-5,7-8,12,16H,1,6,9-10H2,2-3H3,(H,15,17);2*1-2H3/b8-5-,11-7+;;. The molecule has 0 saturated carbocycles. The molecular formula is C18H33NO4. The average Bonchev–Trinajstić information content (AvgIpc) is 2.57. The highest BCUT2D eigenvalue weighted by molar-refractivity contribution is 5.98. The molecule has 0 aromatic carbocycles. The molecule has 0 aliphatic rings. The van der Waals surface area contributed by atoms with E-state index in [-0.39, 0.29) is 19.6 Å². The van der Waals surface area contributed by atoms with Crippen molar-refractivity contribution < 1.29 is 19.4 Å². The van der Waals surface area contributed by atoms with Gasteiger partial charge in [0.25, 0.3) is 0 Å². The predicted octanol–water partition coefficient (Wildman–Crippen LogP) is 3.36. The van der Waals surface area contributed by atoms with E-state index in [9.17, 15) is 9.59 Å². The minimum Gasteiger partial charge on any atom is -0.465 e. The molecular weight excluding hydrogens is 294 g/mol. The van der Waals surface area contributed by atoms with Gasteiger partial charge in [-0.2, -0.15) is 0 Å². The summed E-state index contributed by atoms with van der Waals surface area (Å²) in [5.74, 6) is -2.14. The summed E-state index contributed by atoms with van der Waals surface area (Å²) in [6.07, 6.45) is 6.60. The highest BCUT2D eigenvalue weighted by atomic mass is 16.5. The van der Waals surface area contributed by atoms with E-state index in [2.05, 4.69) is 11.9 Å². The van der Waals surface area contributed by atoms with Crippen molar-refractivity contribution in [3.63, 3.8) is 0 Å². The number of ether oxygens (including phenoxy) is 1. The Hall–Kier alpha value is -1.88. The van der Waals surface area contributed by atoms with Crippen LogP contribution in [0.1, 0.15) is 48.0 Å². The van der Waals surface area contributed by atoms with Crippen molar-refractivity contribution in [2.75, 3.05) is 13.2 Å². The molecule has 0 fully saturated rings. The number of hydrogen-bond acceptors (Lipinski definition) is 4. The molecule has 2 N–H and O–H groups in total. The van der Waals surface area contributed by atoms with Crippen molar-refractivity contribution >= 4 is 11.9 Å². The first kappa shape index (κ1) is 26.0. The fourth-order valence-electron chi connectivity index (χ4n) is 1.40. The fraction of sp³-hybridized carbons (Fsp3) is 0.556. The summed E-state index contributed by atoms with van der Waals surface area (Å²) in [7, 11) is 0. The summed E-state index contributed by atoms with van der Waals surface area (Å²) in [5, 5.41) is 11.5. The Kier molecular flexibility index (Phi) is 22.8. The second kappa shape index (κ2) is 20.1. The van der Waals surface area contributed by atoms with Crippen LogP contribution in [0.25, 0.3) is 0 Å². The third-order valence-corrected chi connectivity index (χ3v) is 2.22. The Morgan fingerprint density at radius 2 is 1.83 bits per heavy atom. The van der Waals surface area contributed by atoms with Gasteiger partial charge >= 0.3 is 5.97 Å². The molecule has 5 heteroatoms. The van der Waals surface area contributed by atoms with E-state index in [1.54, 1.807) is 32.1 Å². The van der Waals surface area contributed by atoms with Gasteiger partial charge in [-0.25, -0.2) is 0 Å². The predicted molar refractivity (Wildman–Crippen MR) is 95.8 cm³/mol. The molecule has 0 radical (unpaired) electrons. The topological polar surface area (TPSA) is 75.6 Å². The molecule has 0 bridgehead atoms. The summed E-state index contributed by atoms with van der Waals surface area (Å²) < 4.78 is 4.81. The number of aliphatic hydroxyl groups excluding tert-OH is 1. The zero-order valence-corrected chi connectivity index (χ0v) is 15.4. The van der Waals surface area contributed by atoms with Gasteiger partial charge in [0.05, 0.1) is 6.61 Å². The molecule has 5 nitrogen and oxygen atoms in total. The van der Waals surface area contributed by atoms with Crippen LogP contribution in [0, 0.1) is 5.92 Å². The zero-order chi connectivity index (χ0) is 18.7. The lowest BCUT2D eigenvalue weighted by Crippen LogP contribution is -2.36. The van der Waals surface area contributed by atoms with Crippen LogP contribution in [0.3, 0.4) is 0 Å². The lowest BCUT2D eigenvalue weighted by Gasteiger charge is -2.14. The lowest BCUT2D eigenvalue weighted by atomic mass is 10.1. The molecule has 0 aliphatic carbocycles. The van der Waals surface area contributed by atoms with Crippen LogP contribution in [0.15, 0.2) is 36.6 Å². The van der Waals surface area contributed by atoms with Crippen LogP contribution in [-0.4, -0.2) is 30.2 Å². The molecule has 1 amide bonds. The van der Waals surface area contributed by atoms with Crippen molar-refractivity contribution in [3.05, 3.63) is 36.6 Å². The number of carbonyl (C=O) groups excluding carboxylic acids is 2. The van der Waals surface area contributed by atoms with Gasteiger partial charge in [-0.3, -0.25) is 9.59 Å². The summed E-state index contributed by atoms with van der Waals surface area (Å²) in [6.45, 7) is 14.9. The lowest BCUT2D eigenvalue weighted by molar-refractivity contribution is -0.152. The molecule has 0 rings (SSSR count). The van der Waals surface area contributed by atoms with Gasteiger partial charge < -0.3 is 15.2 Å². The first-order valence-electron chi connectivity index (χ1n) is 8.14. The van der Waals surface area contributed by atoms with Gasteiger partial charge in [0.1, 0.15) is 5.92 Å². The maximum atomic E-state index is 12.0. The highest BCUT2D eigenvalue weighted by Crippen LogP contribution is 2.07. The second-order valence-electron chi connectivity index (χ2n) is 3.66. The first-order chi connectivity index (χ1) is 11.1. The maximum Gasteiger partial charge on any atom is 0.318 e. The van der Waals surface area contributed by atoms with Crippen LogP contribution in [-0.2, 0) is 14.3 Å². The molecule has 1 unspecified atom stereocenters. The third kappa shape index (κ3) is 13.5. The highest BCUT2D eigenvalue weighted by Gasteiger charge is 2.27. The average molecular weight is 327 g/mol. The van der Waals surface area contributed by atoms with Crippen molar-refractivity contribution in [2.24, 2.45) is 5.92 Å². The summed E-state index contributed by atoms with van der Waals surface area (Å²) >= 11 is 0. The molecule has 0 heterocycles.